The quantitative estimate of drug-likeness (QED) is 0.374. The summed E-state index contributed by atoms with van der Waals surface area (Å²) >= 11 is 0. The zero-order chi connectivity index (χ0) is 28.0. The maximum atomic E-state index is 13.4. The minimum absolute atomic E-state index is 0.0141. The minimum Gasteiger partial charge on any atom is -0.436 e. The van der Waals surface area contributed by atoms with E-state index in [0.717, 1.165) is 12.8 Å². The van der Waals surface area contributed by atoms with Crippen molar-refractivity contribution < 1.29 is 32.3 Å². The summed E-state index contributed by atoms with van der Waals surface area (Å²) in [7, 11) is -4.22. The summed E-state index contributed by atoms with van der Waals surface area (Å²) < 4.78 is 34.8. The van der Waals surface area contributed by atoms with Crippen molar-refractivity contribution in [1.82, 2.24) is 19.7 Å². The first-order valence-corrected chi connectivity index (χ1v) is 14.7. The van der Waals surface area contributed by atoms with Crippen molar-refractivity contribution in [2.75, 3.05) is 6.54 Å². The van der Waals surface area contributed by atoms with Gasteiger partial charge in [-0.3, -0.25) is 14.4 Å². The monoisotopic (exact) mass is 561 g/mol. The van der Waals surface area contributed by atoms with Crippen LogP contribution in [0.1, 0.15) is 56.9 Å². The molecule has 4 rings (SSSR count). The van der Waals surface area contributed by atoms with Gasteiger partial charge in [-0.05, 0) is 50.5 Å². The van der Waals surface area contributed by atoms with Gasteiger partial charge in [0.25, 0.3) is 11.8 Å². The molecule has 1 aliphatic carbocycles. The molecular weight excluding hydrogens is 526 g/mol. The van der Waals surface area contributed by atoms with Gasteiger partial charge in [-0.1, -0.05) is 48.9 Å². The topological polar surface area (TPSA) is 177 Å². The molecule has 4 amide bonds. The summed E-state index contributed by atoms with van der Waals surface area (Å²) in [5, 5.41) is 2.76. The predicted octanol–water partition coefficient (Wildman–Crippen LogP) is 0.987. The molecular formula is C26H35N5O7S. The molecule has 3 aliphatic rings. The second-order valence-electron chi connectivity index (χ2n) is 10.2. The van der Waals surface area contributed by atoms with E-state index < -0.39 is 57.6 Å². The van der Waals surface area contributed by atoms with E-state index in [0.29, 0.717) is 37.7 Å². The van der Waals surface area contributed by atoms with E-state index in [1.165, 1.54) is 4.90 Å². The smallest absolute Gasteiger partial charge is 0.405 e. The van der Waals surface area contributed by atoms with Gasteiger partial charge in [-0.2, -0.15) is 13.1 Å². The van der Waals surface area contributed by atoms with Crippen LogP contribution in [0, 0.1) is 5.92 Å². The van der Waals surface area contributed by atoms with Crippen LogP contribution in [0.15, 0.2) is 42.5 Å². The van der Waals surface area contributed by atoms with Crippen molar-refractivity contribution in [3.63, 3.8) is 0 Å². The van der Waals surface area contributed by atoms with Gasteiger partial charge in [0.05, 0.1) is 0 Å². The Hall–Kier alpha value is -3.45. The number of allylic oxidation sites excluding steroid dienone is 1. The number of hydrogen-bond acceptors (Lipinski definition) is 7. The molecule has 4 atom stereocenters. The van der Waals surface area contributed by atoms with Gasteiger partial charge in [-0.15, -0.1) is 0 Å². The molecule has 5 N–H and O–H groups in total. The van der Waals surface area contributed by atoms with Crippen LogP contribution >= 0.6 is 0 Å². The number of hydrogen-bond donors (Lipinski definition) is 4. The molecule has 0 spiro atoms. The molecule has 39 heavy (non-hydrogen) atoms. The molecule has 1 saturated carbocycles. The summed E-state index contributed by atoms with van der Waals surface area (Å²) in [5.74, 6) is -2.30. The summed E-state index contributed by atoms with van der Waals surface area (Å²) in [6.07, 6.45) is 5.92. The number of carbonyl (C=O) groups excluding carboxylic acids is 4. The van der Waals surface area contributed by atoms with E-state index in [4.69, 9.17) is 10.5 Å². The Kier molecular flexibility index (Phi) is 8.90. The van der Waals surface area contributed by atoms with Crippen molar-refractivity contribution in [3.05, 3.63) is 48.0 Å². The van der Waals surface area contributed by atoms with Crippen LogP contribution in [-0.4, -0.2) is 61.4 Å². The molecule has 13 heteroatoms. The Morgan fingerprint density at radius 3 is 2.62 bits per heavy atom. The average molecular weight is 562 g/mol. The Morgan fingerprint density at radius 1 is 1.10 bits per heavy atom. The molecule has 12 nitrogen and oxygen atoms in total. The normalized spacial score (nSPS) is 27.8. The van der Waals surface area contributed by atoms with Gasteiger partial charge in [-0.25, -0.2) is 9.52 Å². The third kappa shape index (κ3) is 7.15. The number of carbonyl (C=O) groups is 4. The number of ether oxygens (including phenoxy) is 1. The maximum absolute atomic E-state index is 13.4. The van der Waals surface area contributed by atoms with E-state index in [1.54, 1.807) is 30.3 Å². The summed E-state index contributed by atoms with van der Waals surface area (Å²) in [6, 6.07) is 7.96. The summed E-state index contributed by atoms with van der Waals surface area (Å²) in [4.78, 5) is 52.8. The predicted molar refractivity (Wildman–Crippen MR) is 141 cm³/mol. The van der Waals surface area contributed by atoms with Gasteiger partial charge in [0.15, 0.2) is 6.10 Å². The van der Waals surface area contributed by atoms with Crippen molar-refractivity contribution in [3.8, 4) is 0 Å². The van der Waals surface area contributed by atoms with Crippen LogP contribution in [0.5, 0.6) is 0 Å². The first-order chi connectivity index (χ1) is 18.6. The molecule has 4 unspecified atom stereocenters. The van der Waals surface area contributed by atoms with Crippen molar-refractivity contribution in [2.24, 2.45) is 11.7 Å². The lowest BCUT2D eigenvalue weighted by Crippen LogP contribution is -2.58. The molecule has 212 valence electrons. The molecule has 0 bridgehead atoms. The zero-order valence-corrected chi connectivity index (χ0v) is 22.5. The number of rotatable bonds is 6. The second-order valence-corrected chi connectivity index (χ2v) is 11.7. The van der Waals surface area contributed by atoms with Gasteiger partial charge in [0, 0.05) is 19.0 Å². The molecule has 2 fully saturated rings. The highest BCUT2D eigenvalue weighted by Gasteiger charge is 2.61. The van der Waals surface area contributed by atoms with Crippen LogP contribution in [0.2, 0.25) is 0 Å². The number of nitrogens with one attached hydrogen (secondary N) is 3. The fraction of sp³-hybridized carbons (Fsp3) is 0.538. The van der Waals surface area contributed by atoms with Crippen LogP contribution < -0.4 is 20.5 Å². The molecule has 2 heterocycles. The largest absolute Gasteiger partial charge is 0.436 e. The fourth-order valence-corrected chi connectivity index (χ4v) is 6.05. The Balaban J connectivity index is 1.51. The lowest BCUT2D eigenvalue weighted by atomic mass is 10.1. The molecule has 0 radical (unpaired) electrons. The first kappa shape index (κ1) is 28.6. The third-order valence-corrected chi connectivity index (χ3v) is 8.36. The highest BCUT2D eigenvalue weighted by molar-refractivity contribution is 7.88. The standard InChI is InChI=1S/C26H35N5O7S/c27-25(35)38-21-14-8-3-1-2-7-12-19-16-26(19,29-22(32)20-13-9-15-31(20)23(21)33)24(34)30-39(36,37)28-17-18-10-5-4-6-11-18/h4-7,10-12,19-21,28H,1-3,8-9,13-17H2,(H2,27,35)(H,29,32)(H,30,34). The van der Waals surface area contributed by atoms with E-state index >= 15 is 0 Å². The van der Waals surface area contributed by atoms with E-state index in [9.17, 15) is 27.6 Å². The van der Waals surface area contributed by atoms with Crippen LogP contribution in [-0.2, 0) is 35.9 Å². The summed E-state index contributed by atoms with van der Waals surface area (Å²) in [6.45, 7) is 0.273. The number of benzene rings is 1. The molecule has 1 saturated heterocycles. The lowest BCUT2D eigenvalue weighted by molar-refractivity contribution is -0.146. The lowest BCUT2D eigenvalue weighted by Gasteiger charge is -2.29. The average Bonchev–Trinajstić information content (AvgIpc) is 3.36. The molecule has 1 aromatic rings. The minimum atomic E-state index is -4.22. The SMILES string of the molecule is NC(=O)OC1CCCCCC=CC2CC2(C(=O)NS(=O)(=O)NCc2ccccc2)NC(=O)C2CCCN2C1=O. The Labute approximate surface area is 227 Å². The van der Waals surface area contributed by atoms with Crippen molar-refractivity contribution in [2.45, 2.75) is 75.6 Å². The number of nitrogens with two attached hydrogens (primary N) is 1. The van der Waals surface area contributed by atoms with E-state index in [-0.39, 0.29) is 19.5 Å². The number of primary amides is 1. The van der Waals surface area contributed by atoms with Crippen molar-refractivity contribution >= 4 is 34.0 Å². The van der Waals surface area contributed by atoms with Crippen LogP contribution in [0.4, 0.5) is 4.79 Å². The summed E-state index contributed by atoms with van der Waals surface area (Å²) in [5.41, 5.74) is 4.45. The number of fused-ring (bicyclic) bond motifs is 2. The van der Waals surface area contributed by atoms with E-state index in [2.05, 4.69) is 14.8 Å². The van der Waals surface area contributed by atoms with Gasteiger partial charge >= 0.3 is 16.3 Å². The Bertz CT molecular complexity index is 1220. The van der Waals surface area contributed by atoms with Gasteiger partial charge < -0.3 is 20.7 Å². The molecule has 0 aromatic heterocycles. The van der Waals surface area contributed by atoms with Crippen molar-refractivity contribution in [1.29, 1.82) is 0 Å². The number of nitrogens with zero attached hydrogens (tertiary/aromatic N) is 1. The van der Waals surface area contributed by atoms with Crippen LogP contribution in [0.3, 0.4) is 0 Å². The van der Waals surface area contributed by atoms with Crippen LogP contribution in [0.25, 0.3) is 0 Å². The fourth-order valence-electron chi connectivity index (χ4n) is 5.20. The van der Waals surface area contributed by atoms with Gasteiger partial charge in [0.2, 0.25) is 5.91 Å². The first-order valence-electron chi connectivity index (χ1n) is 13.2. The Morgan fingerprint density at radius 2 is 1.87 bits per heavy atom. The zero-order valence-electron chi connectivity index (χ0n) is 21.6. The third-order valence-electron chi connectivity index (χ3n) is 7.38. The van der Waals surface area contributed by atoms with E-state index in [1.807, 2.05) is 12.2 Å². The van der Waals surface area contributed by atoms with Gasteiger partial charge in [0.1, 0.15) is 11.6 Å². The molecule has 1 aromatic carbocycles. The molecule has 2 aliphatic heterocycles. The highest BCUT2D eigenvalue weighted by atomic mass is 32.2. The number of amides is 4. The highest BCUT2D eigenvalue weighted by Crippen LogP contribution is 2.45. The maximum Gasteiger partial charge on any atom is 0.405 e. The second kappa shape index (κ2) is 12.2.